The second-order valence-electron chi connectivity index (χ2n) is 5.32. The molecule has 1 heterocycles. The van der Waals surface area contributed by atoms with Crippen molar-refractivity contribution in [2.45, 2.75) is 33.2 Å². The molecule has 110 valence electrons. The van der Waals surface area contributed by atoms with Crippen LogP contribution in [-0.2, 0) is 4.79 Å². The van der Waals surface area contributed by atoms with Gasteiger partial charge in [-0.15, -0.1) is 24.8 Å². The fourth-order valence-electron chi connectivity index (χ4n) is 1.83. The Labute approximate surface area is 123 Å². The fraction of sp³-hybridized carbons (Fsp3) is 0.917. The maximum Gasteiger partial charge on any atom is 0.227 e. The molecule has 1 unspecified atom stereocenters. The Bertz CT molecular complexity index is 243. The second kappa shape index (κ2) is 8.97. The van der Waals surface area contributed by atoms with Crippen LogP contribution in [0.25, 0.3) is 0 Å². The molecule has 4 nitrogen and oxygen atoms in total. The maximum absolute atomic E-state index is 11.9. The molecule has 0 spiro atoms. The first-order chi connectivity index (χ1) is 7.46. The summed E-state index contributed by atoms with van der Waals surface area (Å²) in [7, 11) is 2.08. The summed E-state index contributed by atoms with van der Waals surface area (Å²) < 4.78 is 0. The lowest BCUT2D eigenvalue weighted by atomic mass is 9.89. The van der Waals surface area contributed by atoms with E-state index >= 15 is 0 Å². The van der Waals surface area contributed by atoms with Gasteiger partial charge in [0.1, 0.15) is 0 Å². The largest absolute Gasteiger partial charge is 0.354 e. The molecule has 1 rings (SSSR count). The van der Waals surface area contributed by atoms with Crippen molar-refractivity contribution in [3.05, 3.63) is 0 Å². The molecule has 6 heteroatoms. The van der Waals surface area contributed by atoms with E-state index in [9.17, 15) is 4.79 Å². The van der Waals surface area contributed by atoms with E-state index in [0.29, 0.717) is 6.04 Å². The Kier molecular flexibility index (Phi) is 10.1. The molecule has 1 atom stereocenters. The van der Waals surface area contributed by atoms with Crippen LogP contribution in [0.15, 0.2) is 0 Å². The highest BCUT2D eigenvalue weighted by Gasteiger charge is 2.35. The summed E-state index contributed by atoms with van der Waals surface area (Å²) in [6.07, 6.45) is 0.943. The molecule has 0 aromatic carbocycles. The van der Waals surface area contributed by atoms with E-state index in [2.05, 4.69) is 36.4 Å². The third-order valence-corrected chi connectivity index (χ3v) is 3.55. The van der Waals surface area contributed by atoms with E-state index in [0.717, 1.165) is 32.6 Å². The van der Waals surface area contributed by atoms with Gasteiger partial charge < -0.3 is 15.5 Å². The van der Waals surface area contributed by atoms with Crippen molar-refractivity contribution in [3.63, 3.8) is 0 Å². The Hall–Kier alpha value is -0.0300. The molecular formula is C12H27Cl2N3O. The van der Waals surface area contributed by atoms with Crippen molar-refractivity contribution >= 4 is 30.7 Å². The van der Waals surface area contributed by atoms with Gasteiger partial charge in [-0.05, 0) is 40.8 Å². The molecule has 0 aromatic rings. The van der Waals surface area contributed by atoms with Crippen molar-refractivity contribution < 1.29 is 4.79 Å². The van der Waals surface area contributed by atoms with E-state index in [-0.39, 0.29) is 36.1 Å². The third kappa shape index (κ3) is 5.74. The first kappa shape index (κ1) is 20.3. The van der Waals surface area contributed by atoms with Crippen LogP contribution in [0, 0.1) is 5.41 Å². The zero-order chi connectivity index (χ0) is 12.2. The SMILES string of the molecule is CC(C)N(C)CCNC(=O)C1(C)CCNC1.Cl.Cl. The van der Waals surface area contributed by atoms with Crippen LogP contribution in [0.2, 0.25) is 0 Å². The van der Waals surface area contributed by atoms with Crippen molar-refractivity contribution in [1.82, 2.24) is 15.5 Å². The Morgan fingerprint density at radius 3 is 2.50 bits per heavy atom. The number of hydrogen-bond acceptors (Lipinski definition) is 3. The fourth-order valence-corrected chi connectivity index (χ4v) is 1.83. The van der Waals surface area contributed by atoms with Crippen LogP contribution in [0.5, 0.6) is 0 Å². The highest BCUT2D eigenvalue weighted by atomic mass is 35.5. The number of hydrogen-bond donors (Lipinski definition) is 2. The predicted molar refractivity (Wildman–Crippen MR) is 80.9 cm³/mol. The molecule has 0 aromatic heterocycles. The zero-order valence-electron chi connectivity index (χ0n) is 11.8. The highest BCUT2D eigenvalue weighted by Crippen LogP contribution is 2.24. The van der Waals surface area contributed by atoms with Crippen LogP contribution in [0.3, 0.4) is 0 Å². The summed E-state index contributed by atoms with van der Waals surface area (Å²) >= 11 is 0. The second-order valence-corrected chi connectivity index (χ2v) is 5.32. The van der Waals surface area contributed by atoms with Crippen molar-refractivity contribution in [1.29, 1.82) is 0 Å². The van der Waals surface area contributed by atoms with Gasteiger partial charge in [0.15, 0.2) is 0 Å². The first-order valence-electron chi connectivity index (χ1n) is 6.15. The summed E-state index contributed by atoms with van der Waals surface area (Å²) in [5.74, 6) is 0.189. The maximum atomic E-state index is 11.9. The molecule has 0 aliphatic carbocycles. The summed E-state index contributed by atoms with van der Waals surface area (Å²) in [5, 5.41) is 6.27. The van der Waals surface area contributed by atoms with Gasteiger partial charge >= 0.3 is 0 Å². The Morgan fingerprint density at radius 1 is 1.44 bits per heavy atom. The van der Waals surface area contributed by atoms with E-state index < -0.39 is 0 Å². The molecule has 0 saturated carbocycles. The Morgan fingerprint density at radius 2 is 2.06 bits per heavy atom. The predicted octanol–water partition coefficient (Wildman–Crippen LogP) is 1.29. The lowest BCUT2D eigenvalue weighted by Gasteiger charge is -2.24. The van der Waals surface area contributed by atoms with Crippen LogP contribution >= 0.6 is 24.8 Å². The normalized spacial score (nSPS) is 22.6. The van der Waals surface area contributed by atoms with E-state index in [4.69, 9.17) is 0 Å². The molecular weight excluding hydrogens is 273 g/mol. The topological polar surface area (TPSA) is 44.4 Å². The van der Waals surface area contributed by atoms with E-state index in [1.807, 2.05) is 6.92 Å². The quantitative estimate of drug-likeness (QED) is 0.804. The third-order valence-electron chi connectivity index (χ3n) is 3.55. The lowest BCUT2D eigenvalue weighted by Crippen LogP contribution is -2.43. The monoisotopic (exact) mass is 299 g/mol. The molecule has 18 heavy (non-hydrogen) atoms. The number of nitrogens with zero attached hydrogens (tertiary/aromatic N) is 1. The van der Waals surface area contributed by atoms with Gasteiger partial charge in [-0.3, -0.25) is 4.79 Å². The van der Waals surface area contributed by atoms with Gasteiger partial charge in [-0.25, -0.2) is 0 Å². The molecule has 0 radical (unpaired) electrons. The highest BCUT2D eigenvalue weighted by molar-refractivity contribution is 5.85. The van der Waals surface area contributed by atoms with Gasteiger partial charge in [0.05, 0.1) is 5.41 Å². The van der Waals surface area contributed by atoms with Gasteiger partial charge in [0, 0.05) is 25.7 Å². The number of nitrogens with one attached hydrogen (secondary N) is 2. The van der Waals surface area contributed by atoms with E-state index in [1.165, 1.54) is 0 Å². The van der Waals surface area contributed by atoms with Crippen LogP contribution in [-0.4, -0.2) is 50.1 Å². The van der Waals surface area contributed by atoms with Crippen molar-refractivity contribution in [2.24, 2.45) is 5.41 Å². The minimum Gasteiger partial charge on any atom is -0.354 e. The van der Waals surface area contributed by atoms with Gasteiger partial charge in [-0.1, -0.05) is 0 Å². The van der Waals surface area contributed by atoms with Gasteiger partial charge in [0.25, 0.3) is 0 Å². The number of likely N-dealkylation sites (N-methyl/N-ethyl adjacent to an activating group) is 1. The molecule has 1 fully saturated rings. The molecule has 2 N–H and O–H groups in total. The standard InChI is InChI=1S/C12H25N3O.2ClH/c1-10(2)15(4)8-7-14-11(16)12(3)5-6-13-9-12;;/h10,13H,5-9H2,1-4H3,(H,14,16);2*1H. The van der Waals surface area contributed by atoms with Gasteiger partial charge in [0.2, 0.25) is 5.91 Å². The lowest BCUT2D eigenvalue weighted by molar-refractivity contribution is -0.129. The molecule has 1 saturated heterocycles. The number of carbonyl (C=O) groups is 1. The molecule has 1 aliphatic heterocycles. The number of carbonyl (C=O) groups excluding carboxylic acids is 1. The van der Waals surface area contributed by atoms with Crippen LogP contribution in [0.1, 0.15) is 27.2 Å². The number of rotatable bonds is 5. The summed E-state index contributed by atoms with van der Waals surface area (Å²) in [6, 6.07) is 0.528. The minimum absolute atomic E-state index is 0. The molecule has 0 bridgehead atoms. The molecule has 1 aliphatic rings. The average Bonchev–Trinajstić information content (AvgIpc) is 2.66. The Balaban J connectivity index is 0. The van der Waals surface area contributed by atoms with Crippen molar-refractivity contribution in [2.75, 3.05) is 33.2 Å². The summed E-state index contributed by atoms with van der Waals surface area (Å²) in [6.45, 7) is 9.76. The summed E-state index contributed by atoms with van der Waals surface area (Å²) in [5.41, 5.74) is -0.198. The van der Waals surface area contributed by atoms with E-state index in [1.54, 1.807) is 0 Å². The first-order valence-corrected chi connectivity index (χ1v) is 6.15. The summed E-state index contributed by atoms with van der Waals surface area (Å²) in [4.78, 5) is 14.2. The van der Waals surface area contributed by atoms with Crippen LogP contribution < -0.4 is 10.6 Å². The number of halogens is 2. The van der Waals surface area contributed by atoms with Crippen LogP contribution in [0.4, 0.5) is 0 Å². The smallest absolute Gasteiger partial charge is 0.227 e. The molecule has 1 amide bonds. The zero-order valence-corrected chi connectivity index (χ0v) is 13.4. The number of amides is 1. The minimum atomic E-state index is -0.198. The van der Waals surface area contributed by atoms with Gasteiger partial charge in [-0.2, -0.15) is 0 Å². The van der Waals surface area contributed by atoms with Crippen molar-refractivity contribution in [3.8, 4) is 0 Å². The average molecular weight is 300 g/mol.